The molecule has 12 heteroatoms. The molecule has 0 aliphatic heterocycles. The van der Waals surface area contributed by atoms with Crippen LogP contribution in [0.4, 0.5) is 5.00 Å². The molecule has 3 aromatic rings. The van der Waals surface area contributed by atoms with E-state index in [4.69, 9.17) is 32.7 Å². The van der Waals surface area contributed by atoms with Crippen molar-refractivity contribution in [1.29, 1.82) is 0 Å². The van der Waals surface area contributed by atoms with Gasteiger partial charge in [-0.1, -0.05) is 41.9 Å². The zero-order valence-electron chi connectivity index (χ0n) is 19.1. The second-order valence-electron chi connectivity index (χ2n) is 7.06. The third-order valence-electron chi connectivity index (χ3n) is 4.74. The van der Waals surface area contributed by atoms with Crippen LogP contribution in [0.15, 0.2) is 29.4 Å². The zero-order chi connectivity index (χ0) is 24.8. The number of aromatic nitrogens is 3. The first-order chi connectivity index (χ1) is 16.3. The number of amides is 1. The van der Waals surface area contributed by atoms with Gasteiger partial charge >= 0.3 is 5.97 Å². The summed E-state index contributed by atoms with van der Waals surface area (Å²) >= 11 is 14.9. The minimum Gasteiger partial charge on any atom is -0.481 e. The molecule has 1 aromatic carbocycles. The van der Waals surface area contributed by atoms with Crippen molar-refractivity contribution in [2.45, 2.75) is 45.0 Å². The molecule has 0 saturated heterocycles. The van der Waals surface area contributed by atoms with Gasteiger partial charge in [-0.3, -0.25) is 4.79 Å². The Balaban J connectivity index is 1.68. The molecule has 0 spiro atoms. The minimum absolute atomic E-state index is 0.0907. The van der Waals surface area contributed by atoms with E-state index in [0.717, 1.165) is 11.3 Å². The third-order valence-corrected chi connectivity index (χ3v) is 7.45. The smallest absolute Gasteiger partial charge is 0.340 e. The molecule has 1 atom stereocenters. The number of carbonyl (C=O) groups is 2. The molecule has 0 aliphatic carbocycles. The lowest BCUT2D eigenvalue weighted by Gasteiger charge is -2.16. The molecule has 0 aliphatic rings. The van der Waals surface area contributed by atoms with Crippen LogP contribution in [-0.2, 0) is 22.5 Å². The molecular formula is C22H24Cl2N4O4S2. The van der Waals surface area contributed by atoms with Crippen molar-refractivity contribution >= 4 is 63.2 Å². The Morgan fingerprint density at radius 1 is 1.24 bits per heavy atom. The molecule has 0 bridgehead atoms. The monoisotopic (exact) mass is 542 g/mol. The maximum Gasteiger partial charge on any atom is 0.340 e. The number of nitrogens with one attached hydrogen (secondary N) is 1. The number of hydrogen-bond acceptors (Lipinski definition) is 8. The van der Waals surface area contributed by atoms with Crippen molar-refractivity contribution in [2.75, 3.05) is 18.2 Å². The molecule has 8 nitrogen and oxygen atoms in total. The number of benzene rings is 1. The summed E-state index contributed by atoms with van der Waals surface area (Å²) in [7, 11) is 1.31. The van der Waals surface area contributed by atoms with Gasteiger partial charge in [0.2, 0.25) is 5.91 Å². The molecule has 1 unspecified atom stereocenters. The fourth-order valence-electron chi connectivity index (χ4n) is 3.08. The largest absolute Gasteiger partial charge is 0.481 e. The SMILES string of the molecule is CCc1cc(C(=O)OC)c(NC(=O)CSc2nnc(C(C)Oc3cc(Cl)ccc3Cl)n2CC)s1. The van der Waals surface area contributed by atoms with Gasteiger partial charge in [0.25, 0.3) is 0 Å². The third kappa shape index (κ3) is 6.24. The second kappa shape index (κ2) is 11.9. The van der Waals surface area contributed by atoms with E-state index in [2.05, 4.69) is 15.5 Å². The summed E-state index contributed by atoms with van der Waals surface area (Å²) in [6.07, 6.45) is 0.301. The summed E-state index contributed by atoms with van der Waals surface area (Å²) in [6.45, 7) is 6.36. The van der Waals surface area contributed by atoms with Gasteiger partial charge in [-0.25, -0.2) is 4.79 Å². The standard InChI is InChI=1S/C22H24Cl2N4O4S2/c1-5-14-10-15(21(30)31-4)20(34-14)25-18(29)11-33-22-27-26-19(28(22)6-2)12(3)32-17-9-13(23)7-8-16(17)24/h7-10,12H,5-6,11H2,1-4H3,(H,25,29). The summed E-state index contributed by atoms with van der Waals surface area (Å²) in [5.41, 5.74) is 0.354. The van der Waals surface area contributed by atoms with E-state index in [9.17, 15) is 9.59 Å². The van der Waals surface area contributed by atoms with Gasteiger partial charge in [0.05, 0.1) is 23.4 Å². The Hall–Kier alpha value is -2.27. The van der Waals surface area contributed by atoms with Crippen LogP contribution in [-0.4, -0.2) is 39.5 Å². The average Bonchev–Trinajstić information content (AvgIpc) is 3.43. The van der Waals surface area contributed by atoms with Gasteiger partial charge in [0, 0.05) is 22.5 Å². The van der Waals surface area contributed by atoms with Crippen LogP contribution < -0.4 is 10.1 Å². The number of hydrogen-bond donors (Lipinski definition) is 1. The Morgan fingerprint density at radius 3 is 2.68 bits per heavy atom. The van der Waals surface area contributed by atoms with Crippen molar-refractivity contribution in [3.8, 4) is 5.75 Å². The number of aryl methyl sites for hydroxylation is 1. The molecule has 3 rings (SSSR count). The summed E-state index contributed by atoms with van der Waals surface area (Å²) in [6, 6.07) is 6.74. The first kappa shape index (κ1) is 26.3. The van der Waals surface area contributed by atoms with Crippen LogP contribution in [0.5, 0.6) is 5.75 Å². The number of halogens is 2. The molecule has 2 aromatic heterocycles. The first-order valence-electron chi connectivity index (χ1n) is 10.5. The maximum atomic E-state index is 12.6. The van der Waals surface area contributed by atoms with Gasteiger partial charge in [-0.15, -0.1) is 21.5 Å². The van der Waals surface area contributed by atoms with Crippen LogP contribution >= 0.6 is 46.3 Å². The molecule has 2 heterocycles. The number of anilines is 1. The molecule has 34 heavy (non-hydrogen) atoms. The fraction of sp³-hybridized carbons (Fsp3) is 0.364. The van der Waals surface area contributed by atoms with E-state index in [0.29, 0.717) is 43.9 Å². The molecule has 0 radical (unpaired) electrons. The van der Waals surface area contributed by atoms with Crippen molar-refractivity contribution in [3.05, 3.63) is 50.6 Å². The predicted octanol–water partition coefficient (Wildman–Crippen LogP) is 5.89. The summed E-state index contributed by atoms with van der Waals surface area (Å²) in [4.78, 5) is 25.6. The van der Waals surface area contributed by atoms with Crippen molar-refractivity contribution in [1.82, 2.24) is 14.8 Å². The Labute approximate surface area is 215 Å². The van der Waals surface area contributed by atoms with Crippen LogP contribution in [0.1, 0.15) is 47.9 Å². The average molecular weight is 543 g/mol. The highest BCUT2D eigenvalue weighted by Crippen LogP contribution is 2.32. The summed E-state index contributed by atoms with van der Waals surface area (Å²) in [5, 5.41) is 13.3. The van der Waals surface area contributed by atoms with E-state index in [-0.39, 0.29) is 11.7 Å². The normalized spacial score (nSPS) is 11.8. The number of thioether (sulfide) groups is 1. The molecule has 1 N–H and O–H groups in total. The lowest BCUT2D eigenvalue weighted by atomic mass is 10.2. The van der Waals surface area contributed by atoms with Crippen molar-refractivity contribution in [3.63, 3.8) is 0 Å². The molecule has 182 valence electrons. The van der Waals surface area contributed by atoms with Crippen LogP contribution in [0.2, 0.25) is 10.0 Å². The molecular weight excluding hydrogens is 519 g/mol. The lowest BCUT2D eigenvalue weighted by molar-refractivity contribution is -0.113. The van der Waals surface area contributed by atoms with Crippen molar-refractivity contribution in [2.24, 2.45) is 0 Å². The van der Waals surface area contributed by atoms with E-state index in [1.807, 2.05) is 25.3 Å². The van der Waals surface area contributed by atoms with E-state index < -0.39 is 12.1 Å². The molecule has 1 amide bonds. The van der Waals surface area contributed by atoms with Crippen LogP contribution in [0.3, 0.4) is 0 Å². The Morgan fingerprint density at radius 2 is 2.00 bits per heavy atom. The van der Waals surface area contributed by atoms with Gasteiger partial charge in [0.15, 0.2) is 17.1 Å². The van der Waals surface area contributed by atoms with Gasteiger partial charge in [0.1, 0.15) is 10.8 Å². The topological polar surface area (TPSA) is 95.3 Å². The van der Waals surface area contributed by atoms with Crippen LogP contribution in [0.25, 0.3) is 0 Å². The molecule has 0 saturated carbocycles. The highest BCUT2D eigenvalue weighted by Gasteiger charge is 2.22. The maximum absolute atomic E-state index is 12.6. The number of rotatable bonds is 10. The number of thiophene rings is 1. The number of methoxy groups -OCH3 is 1. The quantitative estimate of drug-likeness (QED) is 0.252. The highest BCUT2D eigenvalue weighted by molar-refractivity contribution is 7.99. The first-order valence-corrected chi connectivity index (χ1v) is 13.0. The molecule has 0 fully saturated rings. The Bertz CT molecular complexity index is 1180. The van der Waals surface area contributed by atoms with E-state index >= 15 is 0 Å². The van der Waals surface area contributed by atoms with Crippen LogP contribution in [0, 0.1) is 0 Å². The lowest BCUT2D eigenvalue weighted by Crippen LogP contribution is -2.16. The minimum atomic E-state index is -0.483. The number of esters is 1. The van der Waals surface area contributed by atoms with Gasteiger partial charge in [-0.2, -0.15) is 0 Å². The van der Waals surface area contributed by atoms with Gasteiger partial charge < -0.3 is 19.4 Å². The van der Waals surface area contributed by atoms with Crippen molar-refractivity contribution < 1.29 is 19.1 Å². The van der Waals surface area contributed by atoms with Gasteiger partial charge in [-0.05, 0) is 38.5 Å². The predicted molar refractivity (Wildman–Crippen MR) is 136 cm³/mol. The summed E-state index contributed by atoms with van der Waals surface area (Å²) < 4.78 is 12.7. The number of carbonyl (C=O) groups excluding carboxylic acids is 2. The number of ether oxygens (including phenoxy) is 2. The fourth-order valence-corrected chi connectivity index (χ4v) is 5.21. The zero-order valence-corrected chi connectivity index (χ0v) is 22.2. The van der Waals surface area contributed by atoms with E-state index in [1.165, 1.54) is 30.2 Å². The highest BCUT2D eigenvalue weighted by atomic mass is 35.5. The Kier molecular flexibility index (Phi) is 9.24. The summed E-state index contributed by atoms with van der Waals surface area (Å²) in [5.74, 6) is 0.392. The second-order valence-corrected chi connectivity index (χ2v) is 9.98. The van der Waals surface area contributed by atoms with E-state index in [1.54, 1.807) is 24.3 Å². The number of nitrogens with zero attached hydrogens (tertiary/aromatic N) is 3.